The van der Waals surface area contributed by atoms with Gasteiger partial charge in [-0.2, -0.15) is 0 Å². The number of rotatable bonds is 3. The predicted octanol–water partition coefficient (Wildman–Crippen LogP) is 4.21. The first-order chi connectivity index (χ1) is 9.88. The van der Waals surface area contributed by atoms with E-state index >= 15 is 0 Å². The molecule has 21 heavy (non-hydrogen) atoms. The number of nitrogens with two attached hydrogens (primary N) is 1. The Bertz CT molecular complexity index is 708. The van der Waals surface area contributed by atoms with E-state index in [1.54, 1.807) is 0 Å². The summed E-state index contributed by atoms with van der Waals surface area (Å²) in [5.41, 5.74) is 5.82. The highest BCUT2D eigenvalue weighted by Gasteiger charge is 2.16. The molecule has 0 aromatic heterocycles. The van der Waals surface area contributed by atoms with E-state index in [1.807, 2.05) is 0 Å². The lowest BCUT2D eigenvalue weighted by Gasteiger charge is -2.09. The predicted molar refractivity (Wildman–Crippen MR) is 76.4 cm³/mol. The Balaban J connectivity index is 2.15. The summed E-state index contributed by atoms with van der Waals surface area (Å²) in [6.45, 7) is -0.367. The van der Waals surface area contributed by atoms with Crippen molar-refractivity contribution in [2.45, 2.75) is 6.61 Å². The van der Waals surface area contributed by atoms with Crippen LogP contribution in [0.15, 0.2) is 30.3 Å². The van der Waals surface area contributed by atoms with Crippen LogP contribution < -0.4 is 5.73 Å². The molecule has 2 N–H and O–H groups in total. The van der Waals surface area contributed by atoms with Crippen molar-refractivity contribution in [3.8, 4) is 0 Å². The number of anilines is 1. The summed E-state index contributed by atoms with van der Waals surface area (Å²) in [4.78, 5) is 11.9. The largest absolute Gasteiger partial charge is 0.457 e. The van der Waals surface area contributed by atoms with Gasteiger partial charge in [-0.1, -0.05) is 23.2 Å². The molecule has 0 saturated heterocycles. The van der Waals surface area contributed by atoms with E-state index < -0.39 is 17.6 Å². The maximum Gasteiger partial charge on any atom is 0.340 e. The van der Waals surface area contributed by atoms with Gasteiger partial charge in [-0.15, -0.1) is 0 Å². The molecule has 2 aromatic carbocycles. The maximum absolute atomic E-state index is 13.4. The zero-order valence-corrected chi connectivity index (χ0v) is 12.0. The highest BCUT2D eigenvalue weighted by molar-refractivity contribution is 6.44. The fraction of sp³-hybridized carbons (Fsp3) is 0.0714. The molecule has 3 nitrogen and oxygen atoms in total. The van der Waals surface area contributed by atoms with Crippen LogP contribution in [-0.4, -0.2) is 5.97 Å². The molecule has 0 aliphatic rings. The molecule has 2 aromatic rings. The second-order valence-electron chi connectivity index (χ2n) is 4.18. The van der Waals surface area contributed by atoms with E-state index in [2.05, 4.69) is 0 Å². The Kier molecular flexibility index (Phi) is 4.65. The van der Waals surface area contributed by atoms with E-state index in [-0.39, 0.29) is 33.5 Å². The molecular weight excluding hydrogens is 323 g/mol. The van der Waals surface area contributed by atoms with E-state index in [0.29, 0.717) is 6.07 Å². The van der Waals surface area contributed by atoms with Crippen LogP contribution in [0.5, 0.6) is 0 Å². The molecule has 0 spiro atoms. The Morgan fingerprint density at radius 1 is 1.19 bits per heavy atom. The van der Waals surface area contributed by atoms with Gasteiger partial charge in [0.25, 0.3) is 0 Å². The van der Waals surface area contributed by atoms with Crippen molar-refractivity contribution in [2.24, 2.45) is 0 Å². The van der Waals surface area contributed by atoms with Gasteiger partial charge >= 0.3 is 5.97 Å². The molecule has 7 heteroatoms. The zero-order chi connectivity index (χ0) is 15.6. The molecule has 0 amide bonds. The third-order valence-electron chi connectivity index (χ3n) is 2.64. The van der Waals surface area contributed by atoms with Crippen molar-refractivity contribution in [2.75, 3.05) is 5.73 Å². The number of ether oxygens (including phenoxy) is 1. The standard InChI is InChI=1S/C14H9Cl2F2NO2/c15-11-5-9(19)4-10(13(11)16)14(20)21-6-7-1-2-8(17)3-12(7)18/h1-5H,6,19H2. The first-order valence-corrected chi connectivity index (χ1v) is 6.49. The average Bonchev–Trinajstić information content (AvgIpc) is 2.41. The first kappa shape index (κ1) is 15.5. The van der Waals surface area contributed by atoms with Crippen molar-refractivity contribution in [3.05, 3.63) is 63.1 Å². The van der Waals surface area contributed by atoms with Crippen LogP contribution in [0.3, 0.4) is 0 Å². The number of hydrogen-bond donors (Lipinski definition) is 1. The van der Waals surface area contributed by atoms with Gasteiger partial charge in [-0.05, 0) is 24.3 Å². The lowest BCUT2D eigenvalue weighted by Crippen LogP contribution is -2.08. The number of carbonyl (C=O) groups excluding carboxylic acids is 1. The molecule has 0 aliphatic heterocycles. The quantitative estimate of drug-likeness (QED) is 0.677. The molecule has 0 saturated carbocycles. The summed E-state index contributed by atoms with van der Waals surface area (Å²) in [5.74, 6) is -2.33. The number of hydrogen-bond acceptors (Lipinski definition) is 3. The monoisotopic (exact) mass is 331 g/mol. The van der Waals surface area contributed by atoms with Crippen LogP contribution in [0.2, 0.25) is 10.0 Å². The number of benzene rings is 2. The number of halogens is 4. The van der Waals surface area contributed by atoms with Crippen molar-refractivity contribution < 1.29 is 18.3 Å². The molecule has 0 radical (unpaired) electrons. The van der Waals surface area contributed by atoms with E-state index in [9.17, 15) is 13.6 Å². The molecule has 0 bridgehead atoms. The van der Waals surface area contributed by atoms with Gasteiger partial charge in [-0.25, -0.2) is 13.6 Å². The van der Waals surface area contributed by atoms with Crippen LogP contribution in [0, 0.1) is 11.6 Å². The summed E-state index contributed by atoms with van der Waals surface area (Å²) in [6.07, 6.45) is 0. The first-order valence-electron chi connectivity index (χ1n) is 5.74. The smallest absolute Gasteiger partial charge is 0.340 e. The summed E-state index contributed by atoms with van der Waals surface area (Å²) in [6, 6.07) is 5.65. The Labute approximate surface area is 129 Å². The van der Waals surface area contributed by atoms with E-state index in [0.717, 1.165) is 6.07 Å². The minimum atomic E-state index is -0.807. The van der Waals surface area contributed by atoms with E-state index in [4.69, 9.17) is 33.7 Å². The summed E-state index contributed by atoms with van der Waals surface area (Å²) < 4.78 is 31.1. The lowest BCUT2D eigenvalue weighted by molar-refractivity contribution is 0.0469. The Morgan fingerprint density at radius 2 is 1.90 bits per heavy atom. The molecule has 2 rings (SSSR count). The van der Waals surface area contributed by atoms with Crippen LogP contribution in [0.4, 0.5) is 14.5 Å². The summed E-state index contributed by atoms with van der Waals surface area (Å²) in [7, 11) is 0. The summed E-state index contributed by atoms with van der Waals surface area (Å²) in [5, 5.41) is 0.104. The van der Waals surface area contributed by atoms with Gasteiger partial charge in [0.05, 0.1) is 15.6 Å². The van der Waals surface area contributed by atoms with Gasteiger partial charge in [-0.3, -0.25) is 0 Å². The number of nitrogen functional groups attached to an aromatic ring is 1. The van der Waals surface area contributed by atoms with Gasteiger partial charge < -0.3 is 10.5 Å². The van der Waals surface area contributed by atoms with Crippen molar-refractivity contribution in [3.63, 3.8) is 0 Å². The molecule has 0 unspecified atom stereocenters. The number of carbonyl (C=O) groups is 1. The normalized spacial score (nSPS) is 10.5. The minimum absolute atomic E-state index is 0.00422. The Morgan fingerprint density at radius 3 is 2.57 bits per heavy atom. The second kappa shape index (κ2) is 6.28. The highest BCUT2D eigenvalue weighted by Crippen LogP contribution is 2.29. The van der Waals surface area contributed by atoms with Crippen molar-refractivity contribution in [1.82, 2.24) is 0 Å². The molecule has 0 aliphatic carbocycles. The SMILES string of the molecule is Nc1cc(Cl)c(Cl)c(C(=O)OCc2ccc(F)cc2F)c1. The minimum Gasteiger partial charge on any atom is -0.457 e. The second-order valence-corrected chi connectivity index (χ2v) is 4.96. The topological polar surface area (TPSA) is 52.3 Å². The third kappa shape index (κ3) is 3.62. The average molecular weight is 332 g/mol. The Hall–Kier alpha value is -1.85. The fourth-order valence-electron chi connectivity index (χ4n) is 1.62. The van der Waals surface area contributed by atoms with Gasteiger partial charge in [0, 0.05) is 17.3 Å². The lowest BCUT2D eigenvalue weighted by atomic mass is 10.2. The fourth-order valence-corrected chi connectivity index (χ4v) is 2.03. The maximum atomic E-state index is 13.4. The molecule has 0 heterocycles. The van der Waals surface area contributed by atoms with Crippen LogP contribution in [0.1, 0.15) is 15.9 Å². The highest BCUT2D eigenvalue weighted by atomic mass is 35.5. The van der Waals surface area contributed by atoms with Crippen molar-refractivity contribution >= 4 is 34.9 Å². The van der Waals surface area contributed by atoms with Crippen molar-refractivity contribution in [1.29, 1.82) is 0 Å². The third-order valence-corrected chi connectivity index (χ3v) is 3.45. The van der Waals surface area contributed by atoms with Gasteiger partial charge in [0.1, 0.15) is 18.2 Å². The van der Waals surface area contributed by atoms with Gasteiger partial charge in [0.2, 0.25) is 0 Å². The van der Waals surface area contributed by atoms with Crippen LogP contribution in [-0.2, 0) is 11.3 Å². The molecule has 0 atom stereocenters. The summed E-state index contributed by atoms with van der Waals surface area (Å²) >= 11 is 11.7. The molecule has 0 fully saturated rings. The number of esters is 1. The zero-order valence-electron chi connectivity index (χ0n) is 10.5. The van der Waals surface area contributed by atoms with Gasteiger partial charge in [0.15, 0.2) is 0 Å². The van der Waals surface area contributed by atoms with Crippen LogP contribution in [0.25, 0.3) is 0 Å². The molecular formula is C14H9Cl2F2NO2. The van der Waals surface area contributed by atoms with Crippen LogP contribution >= 0.6 is 23.2 Å². The molecule has 110 valence electrons. The van der Waals surface area contributed by atoms with E-state index in [1.165, 1.54) is 18.2 Å².